The minimum absolute atomic E-state index is 0.0774. The molecular weight excluding hydrogens is 404 g/mol. The van der Waals surface area contributed by atoms with Crippen molar-refractivity contribution in [1.82, 2.24) is 15.4 Å². The van der Waals surface area contributed by atoms with Crippen molar-refractivity contribution in [2.45, 2.75) is 57.9 Å². The first-order chi connectivity index (χ1) is 12.6. The summed E-state index contributed by atoms with van der Waals surface area (Å²) in [5.41, 5.74) is 2.89. The molecule has 0 spiro atoms. The second-order valence-corrected chi connectivity index (χ2v) is 15.1. The smallest absolute Gasteiger partial charge is 0.315 e. The highest BCUT2D eigenvalue weighted by Gasteiger charge is 2.50. The van der Waals surface area contributed by atoms with E-state index in [-0.39, 0.29) is 23.7 Å². The number of rotatable bonds is 7. The van der Waals surface area contributed by atoms with Gasteiger partial charge in [-0.2, -0.15) is 0 Å². The lowest BCUT2D eigenvalue weighted by atomic mass is 10.0. The number of amides is 3. The number of nitrogens with two attached hydrogens (primary N) is 1. The topological polar surface area (TPSA) is 131 Å². The first-order valence-corrected chi connectivity index (χ1v) is 13.7. The molecule has 2 heterocycles. The molecule has 2 aliphatic rings. The molecule has 0 unspecified atom stereocenters. The zero-order valence-electron chi connectivity index (χ0n) is 17.2. The van der Waals surface area contributed by atoms with Crippen LogP contribution in [0.5, 0.6) is 0 Å². The lowest BCUT2D eigenvalue weighted by Gasteiger charge is -2.39. The van der Waals surface area contributed by atoms with Gasteiger partial charge in [0, 0.05) is 0 Å². The quantitative estimate of drug-likeness (QED) is 0.262. The number of carbonyl (C=O) groups excluding carboxylic acids is 2. The fourth-order valence-corrected chi connectivity index (χ4v) is 4.07. The van der Waals surface area contributed by atoms with Gasteiger partial charge in [-0.05, 0) is 30.6 Å². The molecule has 0 saturated carbocycles. The van der Waals surface area contributed by atoms with Crippen LogP contribution < -0.4 is 10.6 Å². The standard InChI is InChI=1S/C16H30N4O6SSi/c1-11-9-12-10-19(13(11)14(21)18-25-7-8-27(17,23)24)15(22)20(12)26-28(5,6)16(2,3)4/h9,12-13H,7-8,10H2,1-6H3,(H,18,21)(H2,17,23,24)/t12-,13+/m1/s1. The highest BCUT2D eigenvalue weighted by atomic mass is 32.2. The van der Waals surface area contributed by atoms with Crippen molar-refractivity contribution < 1.29 is 27.4 Å². The number of carbonyl (C=O) groups is 2. The Kier molecular flexibility index (Phi) is 6.31. The lowest BCUT2D eigenvalue weighted by Crippen LogP contribution is -2.51. The first kappa shape index (κ1) is 22.8. The average Bonchev–Trinajstić information content (AvgIpc) is 2.74. The van der Waals surface area contributed by atoms with Gasteiger partial charge in [0.15, 0.2) is 0 Å². The van der Waals surface area contributed by atoms with Crippen LogP contribution in [0, 0.1) is 0 Å². The number of hydrogen-bond donors (Lipinski definition) is 2. The number of nitrogens with zero attached hydrogens (tertiary/aromatic N) is 2. The molecule has 3 N–H and O–H groups in total. The third kappa shape index (κ3) is 4.92. The molecule has 3 amide bonds. The van der Waals surface area contributed by atoms with Crippen LogP contribution in [0.25, 0.3) is 0 Å². The van der Waals surface area contributed by atoms with Crippen LogP contribution in [0.15, 0.2) is 11.6 Å². The maximum Gasteiger partial charge on any atom is 0.344 e. The second-order valence-electron chi connectivity index (χ2n) is 8.67. The summed E-state index contributed by atoms with van der Waals surface area (Å²) in [6, 6.07) is -1.46. The Morgan fingerprint density at radius 2 is 2.00 bits per heavy atom. The van der Waals surface area contributed by atoms with Gasteiger partial charge in [-0.25, -0.2) is 28.9 Å². The van der Waals surface area contributed by atoms with Gasteiger partial charge in [0.25, 0.3) is 5.91 Å². The molecular formula is C16H30N4O6SSi. The van der Waals surface area contributed by atoms with Gasteiger partial charge in [0.2, 0.25) is 18.3 Å². The number of urea groups is 1. The number of sulfonamides is 1. The van der Waals surface area contributed by atoms with Gasteiger partial charge in [-0.3, -0.25) is 9.63 Å². The maximum atomic E-state index is 12.9. The number of hydroxylamine groups is 3. The Morgan fingerprint density at radius 1 is 1.39 bits per heavy atom. The third-order valence-electron chi connectivity index (χ3n) is 5.34. The Bertz CT molecular complexity index is 776. The third-order valence-corrected chi connectivity index (χ3v) is 10.3. The molecule has 2 aliphatic heterocycles. The molecule has 0 aromatic carbocycles. The number of primary sulfonamides is 1. The van der Waals surface area contributed by atoms with E-state index in [9.17, 15) is 18.0 Å². The van der Waals surface area contributed by atoms with Gasteiger partial charge in [0.1, 0.15) is 6.04 Å². The van der Waals surface area contributed by atoms with Crippen molar-refractivity contribution in [1.29, 1.82) is 0 Å². The SMILES string of the molecule is CC1=C[C@@H]2CN(C(=O)N2O[Si](C)(C)C(C)(C)C)[C@@H]1C(=O)NOCCS(N)(=O)=O. The molecule has 0 aromatic rings. The van der Waals surface area contributed by atoms with Crippen LogP contribution in [-0.2, 0) is 24.2 Å². The second kappa shape index (κ2) is 7.75. The predicted octanol–water partition coefficient (Wildman–Crippen LogP) is 0.694. The fraction of sp³-hybridized carbons (Fsp3) is 0.750. The van der Waals surface area contributed by atoms with E-state index < -0.39 is 36.0 Å². The molecule has 2 atom stereocenters. The predicted molar refractivity (Wildman–Crippen MR) is 106 cm³/mol. The van der Waals surface area contributed by atoms with Gasteiger partial charge < -0.3 is 9.43 Å². The van der Waals surface area contributed by atoms with E-state index in [0.717, 1.165) is 0 Å². The minimum atomic E-state index is -3.68. The van der Waals surface area contributed by atoms with E-state index in [4.69, 9.17) is 14.5 Å². The Morgan fingerprint density at radius 3 is 2.54 bits per heavy atom. The summed E-state index contributed by atoms with van der Waals surface area (Å²) in [6.45, 7) is 12.2. The summed E-state index contributed by atoms with van der Waals surface area (Å²) in [6.07, 6.45) is 1.85. The monoisotopic (exact) mass is 434 g/mol. The molecule has 2 bridgehead atoms. The molecule has 0 aliphatic carbocycles. The van der Waals surface area contributed by atoms with E-state index in [0.29, 0.717) is 12.1 Å². The van der Waals surface area contributed by atoms with E-state index >= 15 is 0 Å². The number of hydrogen-bond acceptors (Lipinski definition) is 6. The summed E-state index contributed by atoms with van der Waals surface area (Å²) in [5.74, 6) is -0.977. The van der Waals surface area contributed by atoms with Crippen molar-refractivity contribution in [3.05, 3.63) is 11.6 Å². The van der Waals surface area contributed by atoms with Crippen LogP contribution in [0.2, 0.25) is 18.1 Å². The van der Waals surface area contributed by atoms with Crippen LogP contribution >= 0.6 is 0 Å². The Labute approximate surface area is 167 Å². The molecule has 0 aromatic heterocycles. The molecule has 0 radical (unpaired) electrons. The van der Waals surface area contributed by atoms with Crippen LogP contribution in [0.4, 0.5) is 4.79 Å². The van der Waals surface area contributed by atoms with Gasteiger partial charge in [-0.15, -0.1) is 0 Å². The molecule has 2 rings (SSSR count). The first-order valence-electron chi connectivity index (χ1n) is 9.03. The van der Waals surface area contributed by atoms with Crippen molar-refractivity contribution in [2.24, 2.45) is 5.14 Å². The van der Waals surface area contributed by atoms with Crippen molar-refractivity contribution in [2.75, 3.05) is 18.9 Å². The number of fused-ring (bicyclic) bond motifs is 2. The van der Waals surface area contributed by atoms with Crippen LogP contribution in [-0.4, -0.2) is 69.6 Å². The zero-order chi connectivity index (χ0) is 21.5. The molecule has 1 saturated heterocycles. The summed E-state index contributed by atoms with van der Waals surface area (Å²) >= 11 is 0. The summed E-state index contributed by atoms with van der Waals surface area (Å²) in [4.78, 5) is 31.8. The summed E-state index contributed by atoms with van der Waals surface area (Å²) < 4.78 is 28.0. The van der Waals surface area contributed by atoms with Gasteiger partial charge >= 0.3 is 6.03 Å². The van der Waals surface area contributed by atoms with E-state index in [1.807, 2.05) is 6.08 Å². The van der Waals surface area contributed by atoms with E-state index in [1.54, 1.807) is 6.92 Å². The molecule has 160 valence electrons. The molecule has 10 nitrogen and oxygen atoms in total. The maximum absolute atomic E-state index is 12.9. The molecule has 12 heteroatoms. The molecule has 1 fully saturated rings. The van der Waals surface area contributed by atoms with E-state index in [2.05, 4.69) is 39.3 Å². The fourth-order valence-electron chi connectivity index (χ4n) is 2.77. The van der Waals surface area contributed by atoms with E-state index in [1.165, 1.54) is 9.96 Å². The van der Waals surface area contributed by atoms with Crippen LogP contribution in [0.3, 0.4) is 0 Å². The van der Waals surface area contributed by atoms with Crippen molar-refractivity contribution in [3.63, 3.8) is 0 Å². The van der Waals surface area contributed by atoms with Crippen LogP contribution in [0.1, 0.15) is 27.7 Å². The zero-order valence-corrected chi connectivity index (χ0v) is 19.0. The summed E-state index contributed by atoms with van der Waals surface area (Å²) in [5, 5.41) is 6.19. The Balaban J connectivity index is 2.07. The molecule has 28 heavy (non-hydrogen) atoms. The van der Waals surface area contributed by atoms with Gasteiger partial charge in [-0.1, -0.05) is 26.8 Å². The average molecular weight is 435 g/mol. The van der Waals surface area contributed by atoms with Crippen molar-refractivity contribution in [3.8, 4) is 0 Å². The lowest BCUT2D eigenvalue weighted by molar-refractivity contribution is -0.136. The largest absolute Gasteiger partial charge is 0.344 e. The normalized spacial score (nSPS) is 23.1. The Hall–Kier alpha value is -1.47. The van der Waals surface area contributed by atoms with Gasteiger partial charge in [0.05, 0.1) is 24.9 Å². The highest BCUT2D eigenvalue weighted by Crippen LogP contribution is 2.39. The minimum Gasteiger partial charge on any atom is -0.315 e. The highest BCUT2D eigenvalue weighted by molar-refractivity contribution is 7.89. The number of nitrogens with one attached hydrogen (secondary N) is 1. The summed E-state index contributed by atoms with van der Waals surface area (Å²) in [7, 11) is -5.92. The van der Waals surface area contributed by atoms with Crippen molar-refractivity contribution >= 4 is 30.3 Å².